The Labute approximate surface area is 486 Å². The molecule has 4 nitrogen and oxygen atoms in total. The Kier molecular flexibility index (Phi) is 10.2. The highest BCUT2D eigenvalue weighted by Gasteiger charge is 2.58. The second kappa shape index (κ2) is 16.2. The van der Waals surface area contributed by atoms with E-state index in [0.29, 0.717) is 0 Å². The standard InChI is InChI=1S/C76H76N2O2Si2/c1-71(2)53-37-35-47(39-55(53)73(5,6)75(71,9)10)77(45-27-19-17-20-28-45)57-43-63-67(69-65(57)49-31-23-25-33-59(49)79-69)51-41-62-52(42-61(51)81(63,13)14)68-64(82(62,15)16)44-58(66-50-32-24-26-34-60(50)80-70(66)68)78(46-29-21-18-22-30-46)48-36-38-54-56(40-48)74(7,8)76(11,12)72(54,3)4/h17-44H,1-16H3. The maximum absolute atomic E-state index is 7.37. The Morgan fingerprint density at radius 3 is 1.05 bits per heavy atom. The van der Waals surface area contributed by atoms with Gasteiger partial charge in [0, 0.05) is 44.6 Å². The molecule has 0 spiro atoms. The molecule has 0 radical (unpaired) electrons. The van der Waals surface area contributed by atoms with Crippen molar-refractivity contribution in [3.63, 3.8) is 0 Å². The number of hydrogen-bond acceptors (Lipinski definition) is 4. The molecule has 15 rings (SSSR count). The van der Waals surface area contributed by atoms with Crippen LogP contribution in [0.3, 0.4) is 0 Å². The van der Waals surface area contributed by atoms with Crippen molar-refractivity contribution in [2.75, 3.05) is 9.80 Å². The van der Waals surface area contributed by atoms with Crippen LogP contribution in [-0.2, 0) is 21.7 Å². The summed E-state index contributed by atoms with van der Waals surface area (Å²) in [6.07, 6.45) is 0. The Hall–Kier alpha value is -7.39. The summed E-state index contributed by atoms with van der Waals surface area (Å²) in [6.45, 7) is 39.7. The van der Waals surface area contributed by atoms with Crippen LogP contribution >= 0.6 is 0 Å². The molecule has 0 amide bonds. The van der Waals surface area contributed by atoms with Gasteiger partial charge in [-0.2, -0.15) is 0 Å². The minimum Gasteiger partial charge on any atom is -0.455 e. The van der Waals surface area contributed by atoms with Gasteiger partial charge in [0.15, 0.2) is 0 Å². The third-order valence-corrected chi connectivity index (χ3v) is 30.6. The number of rotatable bonds is 6. The molecule has 0 saturated carbocycles. The molecular weight excluding hydrogens is 1030 g/mol. The van der Waals surface area contributed by atoms with Gasteiger partial charge in [0.2, 0.25) is 0 Å². The second-order valence-corrected chi connectivity index (χ2v) is 37.6. The zero-order chi connectivity index (χ0) is 57.4. The van der Waals surface area contributed by atoms with Crippen molar-refractivity contribution in [3.8, 4) is 22.3 Å². The van der Waals surface area contributed by atoms with Crippen molar-refractivity contribution in [1.29, 1.82) is 0 Å². The van der Waals surface area contributed by atoms with E-state index >= 15 is 0 Å². The Morgan fingerprint density at radius 2 is 0.671 bits per heavy atom. The Balaban J connectivity index is 0.963. The lowest BCUT2D eigenvalue weighted by Gasteiger charge is -2.44. The van der Waals surface area contributed by atoms with Gasteiger partial charge in [-0.15, -0.1) is 0 Å². The van der Waals surface area contributed by atoms with E-state index < -0.39 is 16.1 Å². The molecule has 2 aromatic heterocycles. The van der Waals surface area contributed by atoms with Crippen LogP contribution in [0, 0.1) is 10.8 Å². The number of benzene rings is 9. The number of para-hydroxylation sites is 4. The van der Waals surface area contributed by atoms with Gasteiger partial charge >= 0.3 is 0 Å². The number of furan rings is 2. The van der Waals surface area contributed by atoms with Gasteiger partial charge in [-0.1, -0.05) is 206 Å². The maximum Gasteiger partial charge on any atom is 0.145 e. The predicted molar refractivity (Wildman–Crippen MR) is 354 cm³/mol. The average molecular weight is 1110 g/mol. The molecule has 0 unspecified atom stereocenters. The van der Waals surface area contributed by atoms with E-state index in [9.17, 15) is 0 Å². The maximum atomic E-state index is 7.37. The van der Waals surface area contributed by atoms with E-state index in [4.69, 9.17) is 8.83 Å². The number of hydrogen-bond donors (Lipinski definition) is 0. The van der Waals surface area contributed by atoms with E-state index in [-0.39, 0.29) is 32.5 Å². The fourth-order valence-corrected chi connectivity index (χ4v) is 22.4. The van der Waals surface area contributed by atoms with Crippen LogP contribution in [-0.4, -0.2) is 16.1 Å². The minimum absolute atomic E-state index is 0.000344. The highest BCUT2D eigenvalue weighted by Crippen LogP contribution is 2.64. The predicted octanol–water partition coefficient (Wildman–Crippen LogP) is 19.2. The summed E-state index contributed by atoms with van der Waals surface area (Å²) in [5.74, 6) is 0. The fourth-order valence-electron chi connectivity index (χ4n) is 16.4. The average Bonchev–Trinajstić information content (AvgIpc) is 1.97. The molecule has 4 heterocycles. The van der Waals surface area contributed by atoms with Crippen molar-refractivity contribution in [2.24, 2.45) is 10.8 Å². The molecule has 4 aliphatic rings. The van der Waals surface area contributed by atoms with E-state index in [2.05, 4.69) is 289 Å². The lowest BCUT2D eigenvalue weighted by Crippen LogP contribution is -2.51. The van der Waals surface area contributed by atoms with Gasteiger partial charge in [0.05, 0.1) is 22.1 Å². The summed E-state index contributed by atoms with van der Waals surface area (Å²) in [6, 6.07) is 64.7. The van der Waals surface area contributed by atoms with E-state index in [1.165, 1.54) is 88.0 Å². The molecule has 0 N–H and O–H groups in total. The SMILES string of the molecule is CC1(C)c2ccc(N(c3ccccc3)c3cc4c(c5oc6ccccc6c35)-c3cc5c(cc3[Si]4(C)C)-c3c(cc(N(c4ccccc4)c4ccc6c(c4)C(C)(C)C(C)(C)C6(C)C)c4c3oc3ccccc34)[Si]5(C)C)cc2C(C)(C)C1(C)C. The number of nitrogens with zero attached hydrogens (tertiary/aromatic N) is 2. The molecule has 0 bridgehead atoms. The van der Waals surface area contributed by atoms with Gasteiger partial charge in [-0.3, -0.25) is 0 Å². The normalized spacial score (nSPS) is 19.0. The van der Waals surface area contributed by atoms with Crippen LogP contribution in [0.5, 0.6) is 0 Å². The van der Waals surface area contributed by atoms with Crippen molar-refractivity contribution >= 4 is 115 Å². The Morgan fingerprint density at radius 1 is 0.329 bits per heavy atom. The van der Waals surface area contributed by atoms with Crippen LogP contribution < -0.4 is 30.5 Å². The molecule has 0 saturated heterocycles. The summed E-state index contributed by atoms with van der Waals surface area (Å²) >= 11 is 0. The lowest BCUT2D eigenvalue weighted by molar-refractivity contribution is 0.125. The van der Waals surface area contributed by atoms with Crippen LogP contribution in [0.25, 0.3) is 66.1 Å². The third kappa shape index (κ3) is 6.22. The van der Waals surface area contributed by atoms with Crippen molar-refractivity contribution in [2.45, 2.75) is 131 Å². The first kappa shape index (κ1) is 51.5. The van der Waals surface area contributed by atoms with Crippen molar-refractivity contribution in [3.05, 3.63) is 192 Å². The largest absolute Gasteiger partial charge is 0.455 e. The molecule has 11 aromatic rings. The van der Waals surface area contributed by atoms with E-state index in [0.717, 1.165) is 55.3 Å². The smallest absolute Gasteiger partial charge is 0.145 e. The zero-order valence-electron chi connectivity index (χ0n) is 50.9. The molecule has 6 heteroatoms. The summed E-state index contributed by atoms with van der Waals surface area (Å²) in [5, 5.41) is 10.4. The summed E-state index contributed by atoms with van der Waals surface area (Å²) in [5.41, 5.74) is 21.7. The van der Waals surface area contributed by atoms with Gasteiger partial charge in [-0.25, -0.2) is 0 Å². The molecule has 0 atom stereocenters. The zero-order valence-corrected chi connectivity index (χ0v) is 52.9. The summed E-state index contributed by atoms with van der Waals surface area (Å²) < 4.78 is 14.7. The van der Waals surface area contributed by atoms with Gasteiger partial charge in [0.25, 0.3) is 0 Å². The third-order valence-electron chi connectivity index (χ3n) is 23.6. The van der Waals surface area contributed by atoms with Gasteiger partial charge < -0.3 is 18.6 Å². The Bertz CT molecular complexity index is 4290. The molecule has 2 aliphatic carbocycles. The minimum atomic E-state index is -2.48. The molecule has 2 aliphatic heterocycles. The summed E-state index contributed by atoms with van der Waals surface area (Å²) in [4.78, 5) is 5.08. The second-order valence-electron chi connectivity index (χ2n) is 29.0. The fraction of sp³-hybridized carbons (Fsp3) is 0.289. The summed E-state index contributed by atoms with van der Waals surface area (Å²) in [7, 11) is -4.97. The van der Waals surface area contributed by atoms with Gasteiger partial charge in [-0.05, 0) is 159 Å². The molecule has 82 heavy (non-hydrogen) atoms. The van der Waals surface area contributed by atoms with Crippen LogP contribution in [0.4, 0.5) is 34.1 Å². The van der Waals surface area contributed by atoms with Crippen LogP contribution in [0.15, 0.2) is 179 Å². The van der Waals surface area contributed by atoms with Gasteiger partial charge in [0.1, 0.15) is 38.5 Å². The quantitative estimate of drug-likeness (QED) is 0.155. The first-order valence-corrected chi connectivity index (χ1v) is 35.9. The molecule has 410 valence electrons. The van der Waals surface area contributed by atoms with E-state index in [1.54, 1.807) is 0 Å². The molecular formula is C76H76N2O2Si2. The highest BCUT2D eigenvalue weighted by molar-refractivity contribution is 7.06. The first-order chi connectivity index (χ1) is 38.7. The lowest BCUT2D eigenvalue weighted by atomic mass is 9.59. The number of fused-ring (bicyclic) bond motifs is 16. The van der Waals surface area contributed by atoms with Crippen LogP contribution in [0.1, 0.15) is 105 Å². The van der Waals surface area contributed by atoms with Crippen molar-refractivity contribution < 1.29 is 8.83 Å². The van der Waals surface area contributed by atoms with Crippen LogP contribution in [0.2, 0.25) is 26.2 Å². The number of anilines is 6. The van der Waals surface area contributed by atoms with Crippen molar-refractivity contribution in [1.82, 2.24) is 0 Å². The monoisotopic (exact) mass is 1100 g/mol. The first-order valence-electron chi connectivity index (χ1n) is 29.9. The van der Waals surface area contributed by atoms with E-state index in [1.807, 2.05) is 0 Å². The highest BCUT2D eigenvalue weighted by atomic mass is 28.3. The molecule has 0 fully saturated rings. The molecule has 9 aromatic carbocycles. The topological polar surface area (TPSA) is 32.8 Å².